The summed E-state index contributed by atoms with van der Waals surface area (Å²) in [5.41, 5.74) is 1.93. The van der Waals surface area contributed by atoms with Crippen LogP contribution in [-0.4, -0.2) is 85.7 Å². The van der Waals surface area contributed by atoms with Gasteiger partial charge in [-0.15, -0.1) is 0 Å². The number of nitrogens with zero attached hydrogens (tertiary/aromatic N) is 3. The number of ether oxygens (including phenoxy) is 1. The molecule has 0 aliphatic carbocycles. The zero-order valence-electron chi connectivity index (χ0n) is 18.6. The molecular weight excluding hydrogens is 380 g/mol. The quantitative estimate of drug-likeness (QED) is 0.775. The van der Waals surface area contributed by atoms with Gasteiger partial charge in [-0.1, -0.05) is 19.1 Å². The van der Waals surface area contributed by atoms with Crippen molar-refractivity contribution in [2.45, 2.75) is 39.2 Å². The summed E-state index contributed by atoms with van der Waals surface area (Å²) in [6, 6.07) is 8.13. The molecule has 0 radical (unpaired) electrons. The number of aryl methyl sites for hydroxylation is 1. The van der Waals surface area contributed by atoms with Gasteiger partial charge in [0, 0.05) is 64.0 Å². The van der Waals surface area contributed by atoms with Crippen LogP contribution in [0.3, 0.4) is 0 Å². The van der Waals surface area contributed by atoms with Crippen LogP contribution in [-0.2, 0) is 9.53 Å². The molecule has 0 aromatic heterocycles. The van der Waals surface area contributed by atoms with Crippen LogP contribution in [0.25, 0.3) is 0 Å². The Morgan fingerprint density at radius 1 is 1.13 bits per heavy atom. The largest absolute Gasteiger partial charge is 0.383 e. The first-order valence-corrected chi connectivity index (χ1v) is 11.2. The maximum atomic E-state index is 13.1. The molecule has 1 N–H and O–H groups in total. The van der Waals surface area contributed by atoms with Crippen molar-refractivity contribution in [3.8, 4) is 0 Å². The molecule has 2 fully saturated rings. The van der Waals surface area contributed by atoms with Gasteiger partial charge < -0.3 is 19.9 Å². The molecule has 7 heteroatoms. The molecule has 1 atom stereocenters. The summed E-state index contributed by atoms with van der Waals surface area (Å²) in [5.74, 6) is 0.287. The van der Waals surface area contributed by atoms with E-state index in [4.69, 9.17) is 4.74 Å². The fraction of sp³-hybridized carbons (Fsp3) is 0.652. The van der Waals surface area contributed by atoms with Crippen molar-refractivity contribution in [1.82, 2.24) is 14.7 Å². The number of carbonyl (C=O) groups excluding carboxylic acids is 2. The van der Waals surface area contributed by atoms with Gasteiger partial charge in [-0.2, -0.15) is 0 Å². The minimum Gasteiger partial charge on any atom is -0.383 e. The van der Waals surface area contributed by atoms with Crippen molar-refractivity contribution < 1.29 is 14.3 Å². The fourth-order valence-corrected chi connectivity index (χ4v) is 4.50. The van der Waals surface area contributed by atoms with E-state index in [-0.39, 0.29) is 17.9 Å². The number of hydrogen-bond acceptors (Lipinski definition) is 4. The number of carbonyl (C=O) groups is 2. The van der Waals surface area contributed by atoms with E-state index >= 15 is 0 Å². The van der Waals surface area contributed by atoms with Gasteiger partial charge in [0.25, 0.3) is 0 Å². The molecule has 0 bridgehead atoms. The van der Waals surface area contributed by atoms with E-state index in [0.717, 1.165) is 63.3 Å². The summed E-state index contributed by atoms with van der Waals surface area (Å²) in [5, 5.41) is 2.97. The van der Waals surface area contributed by atoms with Gasteiger partial charge in [-0.05, 0) is 43.9 Å². The van der Waals surface area contributed by atoms with Gasteiger partial charge in [-0.25, -0.2) is 4.79 Å². The highest BCUT2D eigenvalue weighted by Gasteiger charge is 2.34. The molecule has 166 valence electrons. The number of methoxy groups -OCH3 is 1. The fourth-order valence-electron chi connectivity index (χ4n) is 4.50. The van der Waals surface area contributed by atoms with E-state index in [9.17, 15) is 9.59 Å². The second-order valence-electron chi connectivity index (χ2n) is 8.44. The van der Waals surface area contributed by atoms with E-state index in [1.807, 2.05) is 41.0 Å². The molecule has 0 spiro atoms. The highest BCUT2D eigenvalue weighted by molar-refractivity contribution is 5.89. The number of anilines is 1. The zero-order chi connectivity index (χ0) is 21.5. The van der Waals surface area contributed by atoms with Crippen LogP contribution in [0.15, 0.2) is 24.3 Å². The maximum Gasteiger partial charge on any atom is 0.321 e. The first-order valence-electron chi connectivity index (χ1n) is 11.2. The Morgan fingerprint density at radius 3 is 2.57 bits per heavy atom. The van der Waals surface area contributed by atoms with Crippen molar-refractivity contribution in [2.24, 2.45) is 5.92 Å². The summed E-state index contributed by atoms with van der Waals surface area (Å²) >= 11 is 0. The van der Waals surface area contributed by atoms with E-state index in [1.165, 1.54) is 0 Å². The molecule has 7 nitrogen and oxygen atoms in total. The average Bonchev–Trinajstić information content (AvgIpc) is 2.77. The molecule has 2 aliphatic rings. The van der Waals surface area contributed by atoms with Crippen LogP contribution in [0, 0.1) is 12.8 Å². The molecular formula is C23H36N4O3. The Morgan fingerprint density at radius 2 is 1.90 bits per heavy atom. The van der Waals surface area contributed by atoms with Crippen molar-refractivity contribution in [3.63, 3.8) is 0 Å². The first-order chi connectivity index (χ1) is 14.5. The Hall–Kier alpha value is -2.12. The maximum absolute atomic E-state index is 13.1. The number of piperidine rings is 1. The third-order valence-electron chi connectivity index (χ3n) is 6.37. The number of hydrogen-bond donors (Lipinski definition) is 1. The Labute approximate surface area is 180 Å². The predicted molar refractivity (Wildman–Crippen MR) is 119 cm³/mol. The van der Waals surface area contributed by atoms with Crippen LogP contribution in [0.2, 0.25) is 0 Å². The van der Waals surface area contributed by atoms with Crippen LogP contribution < -0.4 is 5.32 Å². The molecule has 2 aliphatic heterocycles. The van der Waals surface area contributed by atoms with Crippen LogP contribution in [0.4, 0.5) is 10.5 Å². The van der Waals surface area contributed by atoms with Crippen molar-refractivity contribution in [3.05, 3.63) is 29.8 Å². The van der Waals surface area contributed by atoms with Crippen LogP contribution in [0.5, 0.6) is 0 Å². The summed E-state index contributed by atoms with van der Waals surface area (Å²) in [6.07, 6.45) is 2.51. The molecule has 1 aromatic rings. The van der Waals surface area contributed by atoms with Gasteiger partial charge in [0.1, 0.15) is 0 Å². The number of rotatable bonds is 6. The number of amides is 3. The minimum absolute atomic E-state index is 0.0241. The summed E-state index contributed by atoms with van der Waals surface area (Å²) in [4.78, 5) is 32.0. The number of piperazine rings is 1. The molecule has 3 rings (SSSR count). The molecule has 0 saturated carbocycles. The number of nitrogens with one attached hydrogen (secondary N) is 1. The average molecular weight is 417 g/mol. The topological polar surface area (TPSA) is 65.1 Å². The number of benzene rings is 1. The number of urea groups is 1. The highest BCUT2D eigenvalue weighted by Crippen LogP contribution is 2.23. The molecule has 30 heavy (non-hydrogen) atoms. The monoisotopic (exact) mass is 416 g/mol. The summed E-state index contributed by atoms with van der Waals surface area (Å²) < 4.78 is 5.22. The standard InChI is InChI=1S/C23H36N4O3/c1-4-21-17-27(13-12-25(21)14-15-30-3)22(28)19-8-10-26(11-9-19)23(29)24-20-7-5-6-18(2)16-20/h5-7,16,19,21H,4,8-15,17H2,1-3H3,(H,24,29). The SMILES string of the molecule is CCC1CN(C(=O)C2CCN(C(=O)Nc3cccc(C)c3)CC2)CCN1CCOC. The van der Waals surface area contributed by atoms with Gasteiger partial charge in [-0.3, -0.25) is 9.69 Å². The third kappa shape index (κ3) is 5.73. The first kappa shape index (κ1) is 22.6. The van der Waals surface area contributed by atoms with E-state index < -0.39 is 0 Å². The lowest BCUT2D eigenvalue weighted by atomic mass is 9.94. The lowest BCUT2D eigenvalue weighted by Crippen LogP contribution is -2.57. The van der Waals surface area contributed by atoms with E-state index in [2.05, 4.69) is 17.1 Å². The number of likely N-dealkylation sites (tertiary alicyclic amines) is 1. The van der Waals surface area contributed by atoms with Crippen LogP contribution in [0.1, 0.15) is 31.7 Å². The lowest BCUT2D eigenvalue weighted by Gasteiger charge is -2.43. The Kier molecular flexibility index (Phi) is 8.10. The van der Waals surface area contributed by atoms with Crippen molar-refractivity contribution >= 4 is 17.6 Å². The molecule has 3 amide bonds. The Balaban J connectivity index is 1.47. The second-order valence-corrected chi connectivity index (χ2v) is 8.44. The van der Waals surface area contributed by atoms with Crippen molar-refractivity contribution in [1.29, 1.82) is 0 Å². The molecule has 1 unspecified atom stereocenters. The highest BCUT2D eigenvalue weighted by atomic mass is 16.5. The predicted octanol–water partition coefficient (Wildman–Crippen LogP) is 2.81. The second kappa shape index (κ2) is 10.8. The van der Waals surface area contributed by atoms with Gasteiger partial charge in [0.15, 0.2) is 0 Å². The molecule has 2 saturated heterocycles. The molecule has 1 aromatic carbocycles. The van der Waals surface area contributed by atoms with Gasteiger partial charge >= 0.3 is 6.03 Å². The summed E-state index contributed by atoms with van der Waals surface area (Å²) in [6.45, 7) is 9.58. The Bertz CT molecular complexity index is 718. The van der Waals surface area contributed by atoms with E-state index in [0.29, 0.717) is 19.1 Å². The van der Waals surface area contributed by atoms with Crippen LogP contribution >= 0.6 is 0 Å². The zero-order valence-corrected chi connectivity index (χ0v) is 18.6. The van der Waals surface area contributed by atoms with E-state index in [1.54, 1.807) is 7.11 Å². The minimum atomic E-state index is -0.0793. The normalized spacial score (nSPS) is 21.0. The summed E-state index contributed by atoms with van der Waals surface area (Å²) in [7, 11) is 1.73. The van der Waals surface area contributed by atoms with Gasteiger partial charge in [0.2, 0.25) is 5.91 Å². The lowest BCUT2D eigenvalue weighted by molar-refractivity contribution is -0.140. The third-order valence-corrected chi connectivity index (χ3v) is 6.37. The smallest absolute Gasteiger partial charge is 0.321 e. The van der Waals surface area contributed by atoms with Crippen molar-refractivity contribution in [2.75, 3.05) is 58.3 Å². The molecule has 2 heterocycles. The van der Waals surface area contributed by atoms with Gasteiger partial charge in [0.05, 0.1) is 6.61 Å².